The molecule has 1 fully saturated rings. The topological polar surface area (TPSA) is 77.2 Å². The number of ether oxygens (including phenoxy) is 1. The van der Waals surface area contributed by atoms with Gasteiger partial charge < -0.3 is 14.2 Å². The predicted molar refractivity (Wildman–Crippen MR) is 96.2 cm³/mol. The fourth-order valence-corrected chi connectivity index (χ4v) is 4.12. The van der Waals surface area contributed by atoms with Crippen molar-refractivity contribution in [1.82, 2.24) is 20.1 Å². The largest absolute Gasteiger partial charge is 0.384 e. The molecule has 1 atom stereocenters. The molecule has 3 aromatic rings. The van der Waals surface area contributed by atoms with Crippen LogP contribution in [-0.2, 0) is 11.2 Å². The fourth-order valence-electron chi connectivity index (χ4n) is 3.27. The maximum atomic E-state index is 5.51. The fraction of sp³-hybridized carbons (Fsp3) is 0.529. The third-order valence-corrected chi connectivity index (χ3v) is 5.38. The van der Waals surface area contributed by atoms with Gasteiger partial charge in [0.25, 0.3) is 0 Å². The number of hydrogen-bond acceptors (Lipinski definition) is 8. The zero-order valence-electron chi connectivity index (χ0n) is 14.4. The molecule has 1 aliphatic rings. The van der Waals surface area contributed by atoms with E-state index in [9.17, 15) is 0 Å². The van der Waals surface area contributed by atoms with Crippen molar-refractivity contribution in [2.24, 2.45) is 0 Å². The van der Waals surface area contributed by atoms with Crippen molar-refractivity contribution in [2.45, 2.75) is 32.1 Å². The summed E-state index contributed by atoms with van der Waals surface area (Å²) in [5.41, 5.74) is 1.02. The average molecular weight is 359 g/mol. The number of piperidine rings is 1. The third kappa shape index (κ3) is 3.36. The van der Waals surface area contributed by atoms with Crippen LogP contribution >= 0.6 is 11.3 Å². The smallest absolute Gasteiger partial charge is 0.231 e. The van der Waals surface area contributed by atoms with Gasteiger partial charge in [-0.1, -0.05) is 5.16 Å². The van der Waals surface area contributed by atoms with Crippen molar-refractivity contribution >= 4 is 27.4 Å². The molecule has 132 valence electrons. The van der Waals surface area contributed by atoms with E-state index in [2.05, 4.69) is 31.5 Å². The van der Waals surface area contributed by atoms with Crippen LogP contribution in [-0.4, -0.2) is 46.9 Å². The number of aromatic nitrogens is 4. The Morgan fingerprint density at radius 3 is 3.16 bits per heavy atom. The molecule has 4 heterocycles. The number of anilines is 1. The maximum absolute atomic E-state index is 5.51. The molecule has 0 saturated carbocycles. The van der Waals surface area contributed by atoms with E-state index in [0.717, 1.165) is 53.7 Å². The van der Waals surface area contributed by atoms with Gasteiger partial charge in [-0.25, -0.2) is 9.97 Å². The van der Waals surface area contributed by atoms with E-state index in [1.54, 1.807) is 18.4 Å². The minimum absolute atomic E-state index is 0.239. The summed E-state index contributed by atoms with van der Waals surface area (Å²) >= 11 is 1.69. The van der Waals surface area contributed by atoms with Crippen LogP contribution in [0.3, 0.4) is 0 Å². The highest BCUT2D eigenvalue weighted by Gasteiger charge is 2.28. The van der Waals surface area contributed by atoms with Crippen LogP contribution < -0.4 is 4.90 Å². The Morgan fingerprint density at radius 2 is 2.28 bits per heavy atom. The van der Waals surface area contributed by atoms with Crippen molar-refractivity contribution in [3.05, 3.63) is 29.0 Å². The van der Waals surface area contributed by atoms with Crippen molar-refractivity contribution in [1.29, 1.82) is 0 Å². The van der Waals surface area contributed by atoms with Crippen molar-refractivity contribution in [3.63, 3.8) is 0 Å². The Kier molecular flexibility index (Phi) is 4.63. The molecule has 0 aliphatic carbocycles. The highest BCUT2D eigenvalue weighted by Crippen LogP contribution is 2.34. The summed E-state index contributed by atoms with van der Waals surface area (Å²) in [6.07, 6.45) is 2.81. The van der Waals surface area contributed by atoms with Crippen molar-refractivity contribution in [3.8, 4) is 0 Å². The van der Waals surface area contributed by atoms with Gasteiger partial charge in [-0.05, 0) is 31.2 Å². The lowest BCUT2D eigenvalue weighted by molar-refractivity contribution is 0.199. The molecule has 0 amide bonds. The average Bonchev–Trinajstić information content (AvgIpc) is 3.28. The second-order valence-corrected chi connectivity index (χ2v) is 7.22. The van der Waals surface area contributed by atoms with Crippen LogP contribution in [0.2, 0.25) is 0 Å². The molecule has 0 aromatic carbocycles. The first kappa shape index (κ1) is 16.4. The van der Waals surface area contributed by atoms with Gasteiger partial charge in [0.05, 0.1) is 22.7 Å². The third-order valence-electron chi connectivity index (χ3n) is 4.48. The molecule has 4 rings (SSSR count). The lowest BCUT2D eigenvalue weighted by Gasteiger charge is -2.32. The molecule has 0 N–H and O–H groups in total. The lowest BCUT2D eigenvalue weighted by Crippen LogP contribution is -2.35. The quantitative estimate of drug-likeness (QED) is 0.693. The SMILES string of the molecule is COCCc1noc([C@@H]2CCCN(c3nc(C)nc4ccsc34)C2)n1. The predicted octanol–water partition coefficient (Wildman–Crippen LogP) is 2.96. The van der Waals surface area contributed by atoms with Crippen LogP contribution in [0, 0.1) is 6.92 Å². The van der Waals surface area contributed by atoms with E-state index in [-0.39, 0.29) is 5.92 Å². The Morgan fingerprint density at radius 1 is 1.36 bits per heavy atom. The van der Waals surface area contributed by atoms with Gasteiger partial charge in [0, 0.05) is 26.6 Å². The number of thiophene rings is 1. The maximum Gasteiger partial charge on any atom is 0.231 e. The molecule has 25 heavy (non-hydrogen) atoms. The van der Waals surface area contributed by atoms with Gasteiger partial charge in [-0.3, -0.25) is 0 Å². The molecular weight excluding hydrogens is 338 g/mol. The van der Waals surface area contributed by atoms with Crippen LogP contribution in [0.5, 0.6) is 0 Å². The standard InChI is InChI=1S/C17H21N5O2S/c1-11-18-13-6-9-25-15(13)16(19-11)22-7-3-4-12(10-22)17-20-14(21-24-17)5-8-23-2/h6,9,12H,3-5,7-8,10H2,1-2H3/t12-/m1/s1. The van der Waals surface area contributed by atoms with Gasteiger partial charge in [-0.15, -0.1) is 11.3 Å². The Balaban J connectivity index is 1.56. The summed E-state index contributed by atoms with van der Waals surface area (Å²) in [4.78, 5) is 16.1. The summed E-state index contributed by atoms with van der Waals surface area (Å²) in [7, 11) is 1.68. The Hall–Kier alpha value is -2.06. The first-order valence-electron chi connectivity index (χ1n) is 8.53. The highest BCUT2D eigenvalue weighted by molar-refractivity contribution is 7.17. The summed E-state index contributed by atoms with van der Waals surface area (Å²) in [5, 5.41) is 6.15. The molecule has 0 radical (unpaired) electrons. The number of nitrogens with zero attached hydrogens (tertiary/aromatic N) is 5. The number of hydrogen-bond donors (Lipinski definition) is 0. The van der Waals surface area contributed by atoms with Gasteiger partial charge in [0.1, 0.15) is 11.6 Å². The molecule has 1 aliphatic heterocycles. The van der Waals surface area contributed by atoms with Gasteiger partial charge in [0.2, 0.25) is 5.89 Å². The van der Waals surface area contributed by atoms with Gasteiger partial charge in [-0.2, -0.15) is 4.98 Å². The zero-order chi connectivity index (χ0) is 17.2. The summed E-state index contributed by atoms with van der Waals surface area (Å²) in [5.74, 6) is 3.52. The lowest BCUT2D eigenvalue weighted by atomic mass is 9.98. The van der Waals surface area contributed by atoms with E-state index < -0.39 is 0 Å². The molecule has 8 heteroatoms. The first-order chi connectivity index (χ1) is 12.2. The molecule has 0 unspecified atom stereocenters. The molecule has 7 nitrogen and oxygen atoms in total. The summed E-state index contributed by atoms with van der Waals surface area (Å²) < 4.78 is 11.7. The van der Waals surface area contributed by atoms with Crippen LogP contribution in [0.25, 0.3) is 10.2 Å². The summed E-state index contributed by atoms with van der Waals surface area (Å²) in [6, 6.07) is 2.06. The molecule has 0 bridgehead atoms. The normalized spacial score (nSPS) is 18.2. The van der Waals surface area contributed by atoms with E-state index in [4.69, 9.17) is 14.2 Å². The highest BCUT2D eigenvalue weighted by atomic mass is 32.1. The van der Waals surface area contributed by atoms with Crippen LogP contribution in [0.4, 0.5) is 5.82 Å². The minimum atomic E-state index is 0.239. The molecule has 0 spiro atoms. The monoisotopic (exact) mass is 359 g/mol. The number of fused-ring (bicyclic) bond motifs is 1. The second-order valence-electron chi connectivity index (χ2n) is 6.31. The van der Waals surface area contributed by atoms with Gasteiger partial charge >= 0.3 is 0 Å². The zero-order valence-corrected chi connectivity index (χ0v) is 15.3. The van der Waals surface area contributed by atoms with Crippen molar-refractivity contribution < 1.29 is 9.26 Å². The van der Waals surface area contributed by atoms with Crippen LogP contribution in [0.1, 0.15) is 36.3 Å². The number of rotatable bonds is 5. The van der Waals surface area contributed by atoms with E-state index in [1.165, 1.54) is 0 Å². The number of methoxy groups -OCH3 is 1. The molecule has 3 aromatic heterocycles. The van der Waals surface area contributed by atoms with Gasteiger partial charge in [0.15, 0.2) is 5.82 Å². The van der Waals surface area contributed by atoms with Crippen molar-refractivity contribution in [2.75, 3.05) is 31.7 Å². The Bertz CT molecular complexity index is 862. The van der Waals surface area contributed by atoms with E-state index in [1.807, 2.05) is 6.92 Å². The van der Waals surface area contributed by atoms with E-state index in [0.29, 0.717) is 18.9 Å². The summed E-state index contributed by atoms with van der Waals surface area (Å²) in [6.45, 7) is 4.38. The Labute approximate surface area is 150 Å². The first-order valence-corrected chi connectivity index (χ1v) is 9.41. The van der Waals surface area contributed by atoms with E-state index >= 15 is 0 Å². The minimum Gasteiger partial charge on any atom is -0.384 e. The second kappa shape index (κ2) is 7.05. The molecule has 1 saturated heterocycles. The number of aryl methyl sites for hydroxylation is 1. The molecular formula is C17H21N5O2S. The van der Waals surface area contributed by atoms with Crippen LogP contribution in [0.15, 0.2) is 16.0 Å².